The molecule has 1 aromatic carbocycles. The summed E-state index contributed by atoms with van der Waals surface area (Å²) in [5, 5.41) is 5.52. The first-order valence-electron chi connectivity index (χ1n) is 8.09. The second-order valence-corrected chi connectivity index (χ2v) is 6.85. The zero-order valence-electron chi connectivity index (χ0n) is 14.7. The number of carbonyl (C=O) groups is 2. The smallest absolute Gasteiger partial charge is 0.412 e. The molecule has 0 spiro atoms. The van der Waals surface area contributed by atoms with E-state index in [0.29, 0.717) is 23.7 Å². The van der Waals surface area contributed by atoms with Crippen molar-refractivity contribution in [1.82, 2.24) is 0 Å². The van der Waals surface area contributed by atoms with E-state index in [2.05, 4.69) is 24.5 Å². The quantitative estimate of drug-likeness (QED) is 0.791. The first-order valence-corrected chi connectivity index (χ1v) is 8.09. The highest BCUT2D eigenvalue weighted by atomic mass is 16.6. The Morgan fingerprint density at radius 1 is 1.09 bits per heavy atom. The van der Waals surface area contributed by atoms with Crippen LogP contribution in [0, 0.1) is 5.92 Å². The van der Waals surface area contributed by atoms with Gasteiger partial charge in [-0.05, 0) is 51.0 Å². The predicted octanol–water partition coefficient (Wildman–Crippen LogP) is 4.80. The minimum atomic E-state index is -0.535. The molecular weight excluding hydrogens is 292 g/mol. The summed E-state index contributed by atoms with van der Waals surface area (Å²) in [5.41, 5.74) is 0.803. The molecule has 0 aromatic heterocycles. The normalized spacial score (nSPS) is 12.4. The first kappa shape index (κ1) is 19.0. The molecule has 1 rings (SSSR count). The Bertz CT molecular complexity index is 518. The average Bonchev–Trinajstić information content (AvgIpc) is 2.38. The van der Waals surface area contributed by atoms with E-state index < -0.39 is 11.7 Å². The predicted molar refractivity (Wildman–Crippen MR) is 93.6 cm³/mol. The van der Waals surface area contributed by atoms with Crippen molar-refractivity contribution in [2.75, 3.05) is 10.6 Å². The third kappa shape index (κ3) is 8.24. The van der Waals surface area contributed by atoms with E-state index in [0.717, 1.165) is 12.8 Å². The van der Waals surface area contributed by atoms with Crippen LogP contribution in [0.25, 0.3) is 0 Å². The van der Waals surface area contributed by atoms with Gasteiger partial charge in [0.1, 0.15) is 5.60 Å². The highest BCUT2D eigenvalue weighted by Gasteiger charge is 2.16. The third-order valence-electron chi connectivity index (χ3n) is 3.13. The average molecular weight is 320 g/mol. The number of ether oxygens (including phenoxy) is 1. The molecule has 0 radical (unpaired) electrons. The van der Waals surface area contributed by atoms with Gasteiger partial charge in [-0.2, -0.15) is 0 Å². The molecule has 0 aliphatic heterocycles. The van der Waals surface area contributed by atoms with Crippen molar-refractivity contribution in [3.05, 3.63) is 24.3 Å². The van der Waals surface area contributed by atoms with Gasteiger partial charge in [-0.3, -0.25) is 10.1 Å². The summed E-state index contributed by atoms with van der Waals surface area (Å²) in [5.74, 6) is 0.395. The zero-order valence-corrected chi connectivity index (χ0v) is 14.7. The van der Waals surface area contributed by atoms with Gasteiger partial charge in [0.2, 0.25) is 5.91 Å². The molecule has 2 amide bonds. The Morgan fingerprint density at radius 2 is 1.61 bits per heavy atom. The maximum Gasteiger partial charge on any atom is 0.412 e. The van der Waals surface area contributed by atoms with E-state index >= 15 is 0 Å². The molecule has 128 valence electrons. The van der Waals surface area contributed by atoms with Gasteiger partial charge in [0.05, 0.1) is 0 Å². The summed E-state index contributed by atoms with van der Waals surface area (Å²) in [6, 6.07) is 6.98. The lowest BCUT2D eigenvalue weighted by Gasteiger charge is -2.19. The van der Waals surface area contributed by atoms with Crippen molar-refractivity contribution in [2.45, 2.75) is 59.5 Å². The topological polar surface area (TPSA) is 67.4 Å². The van der Waals surface area contributed by atoms with Crippen molar-refractivity contribution >= 4 is 23.4 Å². The molecule has 1 unspecified atom stereocenters. The second-order valence-electron chi connectivity index (χ2n) is 6.85. The van der Waals surface area contributed by atoms with Gasteiger partial charge in [-0.15, -0.1) is 0 Å². The largest absolute Gasteiger partial charge is 0.444 e. The van der Waals surface area contributed by atoms with E-state index in [9.17, 15) is 9.59 Å². The summed E-state index contributed by atoms with van der Waals surface area (Å²) in [7, 11) is 0. The molecule has 0 aliphatic rings. The zero-order chi connectivity index (χ0) is 17.5. The molecule has 0 fully saturated rings. The number of nitrogens with one attached hydrogen (secondary N) is 2. The molecule has 1 atom stereocenters. The van der Waals surface area contributed by atoms with Gasteiger partial charge in [-0.25, -0.2) is 4.79 Å². The summed E-state index contributed by atoms with van der Waals surface area (Å²) < 4.78 is 5.18. The Balaban J connectivity index is 2.50. The van der Waals surface area contributed by atoms with E-state index in [1.807, 2.05) is 20.8 Å². The lowest BCUT2D eigenvalue weighted by atomic mass is 10.0. The van der Waals surface area contributed by atoms with Crippen molar-refractivity contribution < 1.29 is 14.3 Å². The fourth-order valence-electron chi connectivity index (χ4n) is 2.18. The maximum absolute atomic E-state index is 11.9. The number of hydrogen-bond acceptors (Lipinski definition) is 3. The molecule has 5 nitrogen and oxygen atoms in total. The van der Waals surface area contributed by atoms with Crippen molar-refractivity contribution in [3.63, 3.8) is 0 Å². The fraction of sp³-hybridized carbons (Fsp3) is 0.556. The molecule has 0 saturated carbocycles. The van der Waals surface area contributed by atoms with Crippen LogP contribution in [0.2, 0.25) is 0 Å². The minimum Gasteiger partial charge on any atom is -0.444 e. The molecule has 2 N–H and O–H groups in total. The SMILES string of the molecule is CCCC(C)CC(=O)Nc1ccc(NC(=O)OC(C)(C)C)cc1. The van der Waals surface area contributed by atoms with Crippen LogP contribution in [0.4, 0.5) is 16.2 Å². The summed E-state index contributed by atoms with van der Waals surface area (Å²) in [6.45, 7) is 9.63. The Kier molecular flexibility index (Phi) is 7.07. The molecule has 23 heavy (non-hydrogen) atoms. The summed E-state index contributed by atoms with van der Waals surface area (Å²) >= 11 is 0. The first-order chi connectivity index (χ1) is 10.7. The molecule has 0 saturated heterocycles. The van der Waals surface area contributed by atoms with E-state index in [1.165, 1.54) is 0 Å². The standard InChI is InChI=1S/C18H28N2O3/c1-6-7-13(2)12-16(21)19-14-8-10-15(11-9-14)20-17(22)23-18(3,4)5/h8-11,13H,6-7,12H2,1-5H3,(H,19,21)(H,20,22). The van der Waals surface area contributed by atoms with Crippen LogP contribution in [0.5, 0.6) is 0 Å². The van der Waals surface area contributed by atoms with Gasteiger partial charge >= 0.3 is 6.09 Å². The molecule has 0 aliphatic carbocycles. The highest BCUT2D eigenvalue weighted by molar-refractivity contribution is 5.91. The highest BCUT2D eigenvalue weighted by Crippen LogP contribution is 2.17. The lowest BCUT2D eigenvalue weighted by molar-refractivity contribution is -0.117. The lowest BCUT2D eigenvalue weighted by Crippen LogP contribution is -2.27. The Hall–Kier alpha value is -2.04. The fourth-order valence-corrected chi connectivity index (χ4v) is 2.18. The van der Waals surface area contributed by atoms with Crippen LogP contribution in [0.3, 0.4) is 0 Å². The number of benzene rings is 1. The molecule has 0 bridgehead atoms. The number of carbonyl (C=O) groups excluding carboxylic acids is 2. The van der Waals surface area contributed by atoms with Gasteiger partial charge in [0.25, 0.3) is 0 Å². The van der Waals surface area contributed by atoms with Crippen LogP contribution < -0.4 is 10.6 Å². The molecule has 0 heterocycles. The number of amides is 2. The van der Waals surface area contributed by atoms with Crippen LogP contribution in [0.1, 0.15) is 53.9 Å². The number of rotatable bonds is 6. The summed E-state index contributed by atoms with van der Waals surface area (Å²) in [4.78, 5) is 23.6. The van der Waals surface area contributed by atoms with Gasteiger partial charge in [0, 0.05) is 17.8 Å². The third-order valence-corrected chi connectivity index (χ3v) is 3.13. The van der Waals surface area contributed by atoms with E-state index in [1.54, 1.807) is 24.3 Å². The van der Waals surface area contributed by atoms with Crippen LogP contribution in [-0.2, 0) is 9.53 Å². The van der Waals surface area contributed by atoms with Crippen molar-refractivity contribution in [1.29, 1.82) is 0 Å². The second kappa shape index (κ2) is 8.56. The molecular formula is C18H28N2O3. The minimum absolute atomic E-state index is 0.0128. The molecule has 1 aromatic rings. The van der Waals surface area contributed by atoms with E-state index in [-0.39, 0.29) is 5.91 Å². The van der Waals surface area contributed by atoms with Crippen LogP contribution >= 0.6 is 0 Å². The van der Waals surface area contributed by atoms with Crippen LogP contribution in [-0.4, -0.2) is 17.6 Å². The number of anilines is 2. The van der Waals surface area contributed by atoms with Gasteiger partial charge in [-0.1, -0.05) is 26.7 Å². The maximum atomic E-state index is 11.9. The van der Waals surface area contributed by atoms with Gasteiger partial charge < -0.3 is 10.1 Å². The van der Waals surface area contributed by atoms with Crippen molar-refractivity contribution in [2.24, 2.45) is 5.92 Å². The number of hydrogen-bond donors (Lipinski definition) is 2. The Labute approximate surface area is 138 Å². The van der Waals surface area contributed by atoms with E-state index in [4.69, 9.17) is 4.74 Å². The van der Waals surface area contributed by atoms with Crippen LogP contribution in [0.15, 0.2) is 24.3 Å². The Morgan fingerprint density at radius 3 is 2.09 bits per heavy atom. The monoisotopic (exact) mass is 320 g/mol. The van der Waals surface area contributed by atoms with Gasteiger partial charge in [0.15, 0.2) is 0 Å². The molecule has 5 heteroatoms. The van der Waals surface area contributed by atoms with Crippen molar-refractivity contribution in [3.8, 4) is 0 Å². The summed E-state index contributed by atoms with van der Waals surface area (Å²) in [6.07, 6.45) is 2.15.